The van der Waals surface area contributed by atoms with Crippen LogP contribution < -0.4 is 10.1 Å². The highest BCUT2D eigenvalue weighted by Gasteiger charge is 2.17. The summed E-state index contributed by atoms with van der Waals surface area (Å²) in [6, 6.07) is 8.90. The Kier molecular flexibility index (Phi) is 8.21. The largest absolute Gasteiger partial charge is 0.494 e. The molecule has 1 aromatic rings. The van der Waals surface area contributed by atoms with Gasteiger partial charge in [0.25, 0.3) is 5.91 Å². The zero-order chi connectivity index (χ0) is 17.1. The fraction of sp³-hybridized carbons (Fsp3) is 0.375. The van der Waals surface area contributed by atoms with Gasteiger partial charge in [0, 0.05) is 25.0 Å². The molecule has 0 saturated heterocycles. The van der Waals surface area contributed by atoms with Gasteiger partial charge in [0.1, 0.15) is 17.4 Å². The van der Waals surface area contributed by atoms with Crippen LogP contribution in [-0.4, -0.2) is 53.9 Å². The molecule has 0 aromatic heterocycles. The Bertz CT molecular complexity index is 558. The lowest BCUT2D eigenvalue weighted by Crippen LogP contribution is -2.36. The molecule has 0 saturated carbocycles. The summed E-state index contributed by atoms with van der Waals surface area (Å²) >= 11 is 0. The van der Waals surface area contributed by atoms with Crippen LogP contribution in [0.1, 0.15) is 6.92 Å². The molecule has 0 fully saturated rings. The SMILES string of the molecule is CCOc1ccc(N/C=C(/C#N)C(=O)N(CCO)CCO)cc1. The van der Waals surface area contributed by atoms with Gasteiger partial charge in [-0.25, -0.2) is 0 Å². The third-order valence-corrected chi connectivity index (χ3v) is 2.93. The molecule has 0 heterocycles. The van der Waals surface area contributed by atoms with Crippen molar-refractivity contribution >= 4 is 11.6 Å². The topological polar surface area (TPSA) is 106 Å². The lowest BCUT2D eigenvalue weighted by molar-refractivity contribution is -0.127. The number of rotatable bonds is 9. The van der Waals surface area contributed by atoms with Gasteiger partial charge >= 0.3 is 0 Å². The number of hydrogen-bond acceptors (Lipinski definition) is 6. The monoisotopic (exact) mass is 319 g/mol. The third kappa shape index (κ3) is 5.98. The van der Waals surface area contributed by atoms with Crippen molar-refractivity contribution in [1.82, 2.24) is 4.90 Å². The van der Waals surface area contributed by atoms with Crippen LogP contribution in [0.4, 0.5) is 5.69 Å². The number of carbonyl (C=O) groups excluding carboxylic acids is 1. The highest BCUT2D eigenvalue weighted by Crippen LogP contribution is 2.16. The van der Waals surface area contributed by atoms with Crippen molar-refractivity contribution < 1.29 is 19.7 Å². The lowest BCUT2D eigenvalue weighted by atomic mass is 10.2. The number of anilines is 1. The van der Waals surface area contributed by atoms with E-state index in [9.17, 15) is 4.79 Å². The molecule has 23 heavy (non-hydrogen) atoms. The minimum Gasteiger partial charge on any atom is -0.494 e. The average molecular weight is 319 g/mol. The molecule has 0 aliphatic heterocycles. The van der Waals surface area contributed by atoms with Gasteiger partial charge in [0.2, 0.25) is 0 Å². The van der Waals surface area contributed by atoms with E-state index in [2.05, 4.69) is 5.32 Å². The van der Waals surface area contributed by atoms with Crippen LogP contribution in [0.15, 0.2) is 36.0 Å². The first kappa shape index (κ1) is 18.5. The maximum Gasteiger partial charge on any atom is 0.266 e. The zero-order valence-corrected chi connectivity index (χ0v) is 13.0. The molecule has 0 bridgehead atoms. The van der Waals surface area contributed by atoms with Gasteiger partial charge in [-0.15, -0.1) is 0 Å². The Balaban J connectivity index is 2.77. The first-order chi connectivity index (χ1) is 11.2. The molecule has 7 nitrogen and oxygen atoms in total. The molecule has 1 aromatic carbocycles. The van der Waals surface area contributed by atoms with Gasteiger partial charge in [0.05, 0.1) is 19.8 Å². The second kappa shape index (κ2) is 10.2. The van der Waals surface area contributed by atoms with Crippen LogP contribution in [0.2, 0.25) is 0 Å². The van der Waals surface area contributed by atoms with Crippen molar-refractivity contribution in [3.63, 3.8) is 0 Å². The van der Waals surface area contributed by atoms with Crippen molar-refractivity contribution in [2.45, 2.75) is 6.92 Å². The van der Waals surface area contributed by atoms with Gasteiger partial charge in [-0.3, -0.25) is 4.79 Å². The summed E-state index contributed by atoms with van der Waals surface area (Å²) in [5.74, 6) is 0.185. The van der Waals surface area contributed by atoms with Crippen molar-refractivity contribution in [2.24, 2.45) is 0 Å². The highest BCUT2D eigenvalue weighted by molar-refractivity contribution is 5.97. The first-order valence-electron chi connectivity index (χ1n) is 7.26. The summed E-state index contributed by atoms with van der Waals surface area (Å²) in [5, 5.41) is 29.9. The van der Waals surface area contributed by atoms with E-state index >= 15 is 0 Å². The van der Waals surface area contributed by atoms with Crippen LogP contribution in [0.25, 0.3) is 0 Å². The quantitative estimate of drug-likeness (QED) is 0.457. The van der Waals surface area contributed by atoms with Crippen molar-refractivity contribution in [3.8, 4) is 11.8 Å². The van der Waals surface area contributed by atoms with E-state index in [0.717, 1.165) is 5.75 Å². The molecular formula is C16H21N3O4. The van der Waals surface area contributed by atoms with E-state index in [1.165, 1.54) is 11.1 Å². The summed E-state index contributed by atoms with van der Waals surface area (Å²) in [6.45, 7) is 2.10. The summed E-state index contributed by atoms with van der Waals surface area (Å²) < 4.78 is 5.33. The molecule has 1 amide bonds. The number of ether oxygens (including phenoxy) is 1. The molecule has 0 unspecified atom stereocenters. The number of aliphatic hydroxyl groups excluding tert-OH is 2. The third-order valence-electron chi connectivity index (χ3n) is 2.93. The summed E-state index contributed by atoms with van der Waals surface area (Å²) in [5.41, 5.74) is 0.589. The Hall–Kier alpha value is -2.56. The zero-order valence-electron chi connectivity index (χ0n) is 13.0. The second-order valence-electron chi connectivity index (χ2n) is 4.51. The predicted molar refractivity (Wildman–Crippen MR) is 85.7 cm³/mol. The normalized spacial score (nSPS) is 10.8. The van der Waals surface area contributed by atoms with Crippen LogP contribution in [-0.2, 0) is 4.79 Å². The molecule has 0 atom stereocenters. The molecule has 0 aliphatic rings. The number of amides is 1. The molecule has 0 spiro atoms. The molecule has 0 aliphatic carbocycles. The number of hydrogen-bond donors (Lipinski definition) is 3. The number of nitrogens with zero attached hydrogens (tertiary/aromatic N) is 2. The van der Waals surface area contributed by atoms with Gasteiger partial charge in [0.15, 0.2) is 0 Å². The molecule has 3 N–H and O–H groups in total. The van der Waals surface area contributed by atoms with Crippen LogP contribution in [0.3, 0.4) is 0 Å². The summed E-state index contributed by atoms with van der Waals surface area (Å²) in [4.78, 5) is 13.4. The lowest BCUT2D eigenvalue weighted by Gasteiger charge is -2.20. The Labute approximate surface area is 135 Å². The Morgan fingerprint density at radius 2 is 1.91 bits per heavy atom. The smallest absolute Gasteiger partial charge is 0.266 e. The average Bonchev–Trinajstić information content (AvgIpc) is 2.56. The summed E-state index contributed by atoms with van der Waals surface area (Å²) in [6.07, 6.45) is 1.31. The fourth-order valence-electron chi connectivity index (χ4n) is 1.84. The predicted octanol–water partition coefficient (Wildman–Crippen LogP) is 0.718. The van der Waals surface area contributed by atoms with E-state index in [1.807, 2.05) is 13.0 Å². The van der Waals surface area contributed by atoms with Crippen LogP contribution >= 0.6 is 0 Å². The second-order valence-corrected chi connectivity index (χ2v) is 4.51. The number of nitriles is 1. The van der Waals surface area contributed by atoms with Gasteiger partial charge < -0.3 is 25.2 Å². The van der Waals surface area contributed by atoms with E-state index in [4.69, 9.17) is 20.2 Å². The van der Waals surface area contributed by atoms with Crippen molar-refractivity contribution in [1.29, 1.82) is 5.26 Å². The summed E-state index contributed by atoms with van der Waals surface area (Å²) in [7, 11) is 0. The Morgan fingerprint density at radius 1 is 1.30 bits per heavy atom. The molecule has 0 radical (unpaired) electrons. The van der Waals surface area contributed by atoms with E-state index < -0.39 is 5.91 Å². The van der Waals surface area contributed by atoms with Gasteiger partial charge in [-0.05, 0) is 31.2 Å². The van der Waals surface area contributed by atoms with Gasteiger partial charge in [-0.1, -0.05) is 0 Å². The molecule has 1 rings (SSSR count). The first-order valence-corrected chi connectivity index (χ1v) is 7.26. The van der Waals surface area contributed by atoms with Crippen LogP contribution in [0, 0.1) is 11.3 Å². The van der Waals surface area contributed by atoms with Crippen molar-refractivity contribution in [2.75, 3.05) is 38.2 Å². The minimum absolute atomic E-state index is 0.0570. The number of carbonyl (C=O) groups is 1. The number of nitrogens with one attached hydrogen (secondary N) is 1. The standard InChI is InChI=1S/C16H21N3O4/c1-2-23-15-5-3-14(4-6-15)18-12-13(11-17)16(22)19(7-9-20)8-10-21/h3-6,12,18,20-21H,2,7-10H2,1H3/b13-12-. The van der Waals surface area contributed by atoms with Gasteiger partial charge in [-0.2, -0.15) is 5.26 Å². The number of aliphatic hydroxyl groups is 2. The highest BCUT2D eigenvalue weighted by atomic mass is 16.5. The Morgan fingerprint density at radius 3 is 2.39 bits per heavy atom. The van der Waals surface area contributed by atoms with Crippen molar-refractivity contribution in [3.05, 3.63) is 36.0 Å². The molecular weight excluding hydrogens is 298 g/mol. The molecule has 7 heteroatoms. The van der Waals surface area contributed by atoms with E-state index in [1.54, 1.807) is 24.3 Å². The molecule has 124 valence electrons. The van der Waals surface area contributed by atoms with E-state index in [-0.39, 0.29) is 31.9 Å². The number of benzene rings is 1. The fourth-order valence-corrected chi connectivity index (χ4v) is 1.84. The maximum atomic E-state index is 12.2. The maximum absolute atomic E-state index is 12.2. The van der Waals surface area contributed by atoms with E-state index in [0.29, 0.717) is 12.3 Å². The van der Waals surface area contributed by atoms with Crippen LogP contribution in [0.5, 0.6) is 5.75 Å². The minimum atomic E-state index is -0.547.